The number of ether oxygens (including phenoxy) is 1. The summed E-state index contributed by atoms with van der Waals surface area (Å²) < 4.78 is 7.69. The highest BCUT2D eigenvalue weighted by Crippen LogP contribution is 2.30. The number of nitrogens with zero attached hydrogens (tertiary/aromatic N) is 3. The van der Waals surface area contributed by atoms with Gasteiger partial charge in [-0.2, -0.15) is 5.10 Å². The van der Waals surface area contributed by atoms with Crippen LogP contribution in [0.5, 0.6) is 5.75 Å². The van der Waals surface area contributed by atoms with Crippen molar-refractivity contribution in [2.75, 3.05) is 0 Å². The van der Waals surface area contributed by atoms with Crippen LogP contribution in [0.4, 0.5) is 0 Å². The van der Waals surface area contributed by atoms with Gasteiger partial charge in [0.05, 0.1) is 5.02 Å². The van der Waals surface area contributed by atoms with Crippen LogP contribution < -0.4 is 10.5 Å². The molecule has 1 aromatic heterocycles. The van der Waals surface area contributed by atoms with Crippen molar-refractivity contribution in [1.82, 2.24) is 14.8 Å². The summed E-state index contributed by atoms with van der Waals surface area (Å²) in [7, 11) is 0. The van der Waals surface area contributed by atoms with Gasteiger partial charge in [-0.05, 0) is 31.4 Å². The van der Waals surface area contributed by atoms with Crippen LogP contribution in [-0.2, 0) is 19.6 Å². The molecule has 21 heavy (non-hydrogen) atoms. The predicted octanol–water partition coefficient (Wildman–Crippen LogP) is 2.81. The van der Waals surface area contributed by atoms with Crippen LogP contribution in [0.25, 0.3) is 0 Å². The highest BCUT2D eigenvalue weighted by atomic mass is 35.5. The van der Waals surface area contributed by atoms with Gasteiger partial charge < -0.3 is 10.5 Å². The number of halogens is 1. The molecule has 0 aliphatic heterocycles. The van der Waals surface area contributed by atoms with Gasteiger partial charge in [0.15, 0.2) is 5.82 Å². The van der Waals surface area contributed by atoms with Crippen LogP contribution >= 0.6 is 11.6 Å². The Balaban J connectivity index is 2.15. The Hall–Kier alpha value is -1.59. The first kappa shape index (κ1) is 15.8. The van der Waals surface area contributed by atoms with Crippen LogP contribution in [0.1, 0.15) is 31.7 Å². The van der Waals surface area contributed by atoms with Gasteiger partial charge in [0, 0.05) is 12.6 Å². The van der Waals surface area contributed by atoms with E-state index in [-0.39, 0.29) is 6.04 Å². The summed E-state index contributed by atoms with van der Waals surface area (Å²) in [5.41, 5.74) is 7.06. The zero-order chi connectivity index (χ0) is 15.2. The number of rotatable bonds is 7. The third-order valence-electron chi connectivity index (χ3n) is 3.40. The first-order valence-electron chi connectivity index (χ1n) is 7.18. The topological polar surface area (TPSA) is 66.0 Å². The second-order valence-electron chi connectivity index (χ2n) is 4.88. The predicted molar refractivity (Wildman–Crippen MR) is 83.5 cm³/mol. The molecule has 2 N–H and O–H groups in total. The lowest BCUT2D eigenvalue weighted by atomic mass is 10.0. The van der Waals surface area contributed by atoms with Crippen molar-refractivity contribution in [2.24, 2.45) is 5.73 Å². The Morgan fingerprint density at radius 2 is 2.19 bits per heavy atom. The number of aryl methyl sites for hydroxylation is 1. The third kappa shape index (κ3) is 3.95. The summed E-state index contributed by atoms with van der Waals surface area (Å²) in [6, 6.07) is 5.84. The molecule has 1 aromatic carbocycles. The molecule has 0 aliphatic rings. The van der Waals surface area contributed by atoms with Gasteiger partial charge in [-0.25, -0.2) is 9.67 Å². The van der Waals surface area contributed by atoms with Crippen LogP contribution in [0.2, 0.25) is 5.02 Å². The summed E-state index contributed by atoms with van der Waals surface area (Å²) in [6.45, 7) is 5.18. The Labute approximate surface area is 130 Å². The Morgan fingerprint density at radius 3 is 2.90 bits per heavy atom. The van der Waals surface area contributed by atoms with Gasteiger partial charge in [-0.1, -0.05) is 30.7 Å². The average molecular weight is 309 g/mol. The molecule has 0 bridgehead atoms. The van der Waals surface area contributed by atoms with E-state index in [9.17, 15) is 0 Å². The van der Waals surface area contributed by atoms with Gasteiger partial charge in [-0.15, -0.1) is 0 Å². The third-order valence-corrected chi connectivity index (χ3v) is 3.69. The van der Waals surface area contributed by atoms with Crippen molar-refractivity contribution in [3.05, 3.63) is 40.9 Å². The molecule has 6 heteroatoms. The molecular formula is C15H21ClN4O. The van der Waals surface area contributed by atoms with Crippen molar-refractivity contribution < 1.29 is 4.74 Å². The van der Waals surface area contributed by atoms with Crippen molar-refractivity contribution in [2.45, 2.75) is 45.9 Å². The lowest BCUT2D eigenvalue weighted by Crippen LogP contribution is -2.21. The second kappa shape index (κ2) is 7.43. The fourth-order valence-electron chi connectivity index (χ4n) is 2.10. The highest BCUT2D eigenvalue weighted by Gasteiger charge is 2.13. The second-order valence-corrected chi connectivity index (χ2v) is 5.29. The van der Waals surface area contributed by atoms with Crippen molar-refractivity contribution in [3.63, 3.8) is 0 Å². The minimum Gasteiger partial charge on any atom is -0.484 e. The molecule has 0 spiro atoms. The van der Waals surface area contributed by atoms with Gasteiger partial charge >= 0.3 is 0 Å². The molecular weight excluding hydrogens is 288 g/mol. The summed E-state index contributed by atoms with van der Waals surface area (Å²) in [6.07, 6.45) is 3.19. The monoisotopic (exact) mass is 308 g/mol. The van der Waals surface area contributed by atoms with Crippen LogP contribution in [0.15, 0.2) is 24.5 Å². The molecule has 1 heterocycles. The molecule has 0 amide bonds. The van der Waals surface area contributed by atoms with Gasteiger partial charge in [0.2, 0.25) is 0 Å². The SMILES string of the molecule is CCC(N)Cc1cccc(Cl)c1OCc1ncnn1CC. The number of aromatic nitrogens is 3. The van der Waals surface area contributed by atoms with E-state index in [1.807, 2.05) is 25.1 Å². The van der Waals surface area contributed by atoms with Crippen LogP contribution in [-0.4, -0.2) is 20.8 Å². The molecule has 114 valence electrons. The van der Waals surface area contributed by atoms with E-state index in [0.29, 0.717) is 17.4 Å². The fraction of sp³-hybridized carbons (Fsp3) is 0.467. The van der Waals surface area contributed by atoms with Crippen LogP contribution in [0.3, 0.4) is 0 Å². The molecule has 2 rings (SSSR count). The molecule has 0 radical (unpaired) electrons. The average Bonchev–Trinajstić information content (AvgIpc) is 2.94. The number of hydrogen-bond acceptors (Lipinski definition) is 4. The van der Waals surface area contributed by atoms with E-state index in [1.54, 1.807) is 4.68 Å². The largest absolute Gasteiger partial charge is 0.484 e. The van der Waals surface area contributed by atoms with Gasteiger partial charge in [0.1, 0.15) is 18.7 Å². The molecule has 2 aromatic rings. The number of benzene rings is 1. The van der Waals surface area contributed by atoms with E-state index in [4.69, 9.17) is 22.1 Å². The van der Waals surface area contributed by atoms with Crippen molar-refractivity contribution >= 4 is 11.6 Å². The lowest BCUT2D eigenvalue weighted by molar-refractivity contribution is 0.284. The molecule has 0 aliphatic carbocycles. The van der Waals surface area contributed by atoms with Gasteiger partial charge in [-0.3, -0.25) is 0 Å². The first-order valence-corrected chi connectivity index (χ1v) is 7.55. The molecule has 1 atom stereocenters. The number of para-hydroxylation sites is 1. The summed E-state index contributed by atoms with van der Waals surface area (Å²) in [4.78, 5) is 4.20. The van der Waals surface area contributed by atoms with Crippen LogP contribution in [0, 0.1) is 0 Å². The van der Waals surface area contributed by atoms with Gasteiger partial charge in [0.25, 0.3) is 0 Å². The maximum atomic E-state index is 6.26. The smallest absolute Gasteiger partial charge is 0.164 e. The van der Waals surface area contributed by atoms with Crippen molar-refractivity contribution in [1.29, 1.82) is 0 Å². The van der Waals surface area contributed by atoms with E-state index in [1.165, 1.54) is 6.33 Å². The minimum absolute atomic E-state index is 0.102. The zero-order valence-corrected chi connectivity index (χ0v) is 13.2. The summed E-state index contributed by atoms with van der Waals surface area (Å²) in [5, 5.41) is 4.72. The van der Waals surface area contributed by atoms with E-state index >= 15 is 0 Å². The van der Waals surface area contributed by atoms with E-state index in [2.05, 4.69) is 17.0 Å². The first-order chi connectivity index (χ1) is 10.2. The molecule has 0 saturated carbocycles. The van der Waals surface area contributed by atoms with E-state index < -0.39 is 0 Å². The summed E-state index contributed by atoms with van der Waals surface area (Å²) in [5.74, 6) is 1.47. The maximum absolute atomic E-state index is 6.26. The number of nitrogens with two attached hydrogens (primary N) is 1. The maximum Gasteiger partial charge on any atom is 0.164 e. The Kier molecular flexibility index (Phi) is 5.59. The molecule has 5 nitrogen and oxygen atoms in total. The fourth-order valence-corrected chi connectivity index (χ4v) is 2.35. The minimum atomic E-state index is 0.102. The van der Waals surface area contributed by atoms with Crippen molar-refractivity contribution in [3.8, 4) is 5.75 Å². The standard InChI is InChI=1S/C15H21ClN4O/c1-3-12(17)8-11-6-5-7-13(16)15(11)21-9-14-18-10-19-20(14)4-2/h5-7,10,12H,3-4,8-9,17H2,1-2H3. The molecule has 0 fully saturated rings. The summed E-state index contributed by atoms with van der Waals surface area (Å²) >= 11 is 6.26. The Morgan fingerprint density at radius 1 is 1.38 bits per heavy atom. The molecule has 0 saturated heterocycles. The quantitative estimate of drug-likeness (QED) is 0.854. The normalized spacial score (nSPS) is 12.4. The van der Waals surface area contributed by atoms with E-state index in [0.717, 1.165) is 30.8 Å². The number of hydrogen-bond donors (Lipinski definition) is 1. The Bertz CT molecular complexity index is 585. The zero-order valence-electron chi connectivity index (χ0n) is 12.4. The molecule has 1 unspecified atom stereocenters. The highest BCUT2D eigenvalue weighted by molar-refractivity contribution is 6.32. The lowest BCUT2D eigenvalue weighted by Gasteiger charge is -2.15.